The molecule has 24 heavy (non-hydrogen) atoms. The van der Waals surface area contributed by atoms with Gasteiger partial charge in [0.15, 0.2) is 6.04 Å². The molecule has 0 radical (unpaired) electrons. The van der Waals surface area contributed by atoms with Gasteiger partial charge in [0.2, 0.25) is 0 Å². The fourth-order valence-corrected chi connectivity index (χ4v) is 3.33. The topological polar surface area (TPSA) is 40.5 Å². The first-order chi connectivity index (χ1) is 11.6. The standard InChI is InChI=1S/C21H38NO2/c1-3-5-6-7-8-9-10-11-12-16-19-21(22(23,24)4-2)20-17-14-13-15-18-20/h13-15,17-18,21,23-24H,3-12,16,19H2,1-2H3/q+1. The average molecular weight is 337 g/mol. The first-order valence-corrected chi connectivity index (χ1v) is 10.00. The Labute approximate surface area is 148 Å². The van der Waals surface area contributed by atoms with E-state index < -0.39 is 4.81 Å². The predicted molar refractivity (Wildman–Crippen MR) is 100 cm³/mol. The van der Waals surface area contributed by atoms with E-state index in [1.807, 2.05) is 37.3 Å². The van der Waals surface area contributed by atoms with Crippen LogP contribution in [0.5, 0.6) is 0 Å². The number of rotatable bonds is 14. The van der Waals surface area contributed by atoms with Gasteiger partial charge in [0, 0.05) is 12.0 Å². The molecule has 0 fully saturated rings. The number of nitrogens with zero attached hydrogens (tertiary/aromatic N) is 1. The van der Waals surface area contributed by atoms with Gasteiger partial charge in [-0.3, -0.25) is 0 Å². The lowest BCUT2D eigenvalue weighted by atomic mass is 9.98. The number of hydroxylamine groups is 4. The third kappa shape index (κ3) is 8.27. The maximum Gasteiger partial charge on any atom is 0.177 e. The van der Waals surface area contributed by atoms with Gasteiger partial charge in [-0.2, -0.15) is 10.4 Å². The maximum atomic E-state index is 10.3. The summed E-state index contributed by atoms with van der Waals surface area (Å²) >= 11 is 0. The first kappa shape index (κ1) is 21.1. The predicted octanol–water partition coefficient (Wildman–Crippen LogP) is 6.65. The van der Waals surface area contributed by atoms with Crippen LogP contribution in [0.25, 0.3) is 0 Å². The van der Waals surface area contributed by atoms with Gasteiger partial charge < -0.3 is 0 Å². The molecule has 1 aromatic carbocycles. The number of unbranched alkanes of at least 4 members (excludes halogenated alkanes) is 9. The maximum absolute atomic E-state index is 10.3. The lowest BCUT2D eigenvalue weighted by Crippen LogP contribution is -2.44. The van der Waals surface area contributed by atoms with Gasteiger partial charge in [0.05, 0.1) is 0 Å². The first-order valence-electron chi connectivity index (χ1n) is 10.00. The van der Waals surface area contributed by atoms with Crippen LogP contribution in [0.4, 0.5) is 0 Å². The molecule has 1 rings (SSSR count). The molecule has 0 spiro atoms. The minimum absolute atomic E-state index is 0.245. The molecule has 1 unspecified atom stereocenters. The lowest BCUT2D eigenvalue weighted by Gasteiger charge is -2.29. The van der Waals surface area contributed by atoms with Crippen molar-refractivity contribution in [3.8, 4) is 0 Å². The summed E-state index contributed by atoms with van der Waals surface area (Å²) in [6.07, 6.45) is 13.8. The summed E-state index contributed by atoms with van der Waals surface area (Å²) in [6.45, 7) is 4.37. The Morgan fingerprint density at radius 2 is 1.25 bits per heavy atom. The Morgan fingerprint density at radius 3 is 1.75 bits per heavy atom. The summed E-state index contributed by atoms with van der Waals surface area (Å²) in [5.41, 5.74) is 1.01. The molecule has 0 aliphatic heterocycles. The largest absolute Gasteiger partial charge is 0.182 e. The van der Waals surface area contributed by atoms with Crippen molar-refractivity contribution in [1.82, 2.24) is 0 Å². The Kier molecular flexibility index (Phi) is 11.0. The Morgan fingerprint density at radius 1 is 0.750 bits per heavy atom. The van der Waals surface area contributed by atoms with Crippen LogP contribution in [-0.2, 0) is 0 Å². The van der Waals surface area contributed by atoms with Crippen LogP contribution in [0, 0.1) is 0 Å². The van der Waals surface area contributed by atoms with Crippen LogP contribution >= 0.6 is 0 Å². The van der Waals surface area contributed by atoms with Gasteiger partial charge in [-0.15, -0.1) is 0 Å². The highest BCUT2D eigenvalue weighted by atomic mass is 16.8. The SMILES string of the molecule is CCCCCCCCCCCCC(c1ccccc1)[N+](O)(O)CC. The minimum Gasteiger partial charge on any atom is -0.182 e. The third-order valence-corrected chi connectivity index (χ3v) is 4.98. The molecule has 0 saturated heterocycles. The molecule has 0 aliphatic carbocycles. The summed E-state index contributed by atoms with van der Waals surface area (Å²) in [5, 5.41) is 20.5. The van der Waals surface area contributed by atoms with E-state index in [4.69, 9.17) is 0 Å². The molecule has 1 aromatic rings. The molecule has 0 bridgehead atoms. The zero-order valence-corrected chi connectivity index (χ0v) is 15.8. The van der Waals surface area contributed by atoms with E-state index in [-0.39, 0.29) is 6.04 Å². The summed E-state index contributed by atoms with van der Waals surface area (Å²) in [4.78, 5) is -0.901. The molecule has 1 atom stereocenters. The molecule has 0 aromatic heterocycles. The van der Waals surface area contributed by atoms with Crippen LogP contribution in [-0.4, -0.2) is 21.8 Å². The van der Waals surface area contributed by atoms with Gasteiger partial charge in [-0.25, -0.2) is 0 Å². The number of benzene rings is 1. The average Bonchev–Trinajstić information content (AvgIpc) is 2.60. The zero-order chi connectivity index (χ0) is 17.7. The van der Waals surface area contributed by atoms with E-state index in [1.54, 1.807) is 0 Å². The summed E-state index contributed by atoms with van der Waals surface area (Å²) < 4.78 is 0. The number of hydrogen-bond acceptors (Lipinski definition) is 2. The second-order valence-electron chi connectivity index (χ2n) is 7.00. The molecule has 0 aliphatic rings. The summed E-state index contributed by atoms with van der Waals surface area (Å²) in [6, 6.07) is 9.65. The second kappa shape index (κ2) is 12.5. The van der Waals surface area contributed by atoms with Crippen molar-refractivity contribution < 1.29 is 15.2 Å². The van der Waals surface area contributed by atoms with Crippen molar-refractivity contribution >= 4 is 0 Å². The Hall–Kier alpha value is -0.900. The van der Waals surface area contributed by atoms with E-state index in [0.29, 0.717) is 6.54 Å². The normalized spacial score (nSPS) is 13.2. The van der Waals surface area contributed by atoms with Crippen molar-refractivity contribution in [1.29, 1.82) is 0 Å². The van der Waals surface area contributed by atoms with Gasteiger partial charge in [0.1, 0.15) is 6.54 Å². The van der Waals surface area contributed by atoms with Gasteiger partial charge >= 0.3 is 0 Å². The van der Waals surface area contributed by atoms with E-state index in [9.17, 15) is 10.4 Å². The molecule has 2 N–H and O–H groups in total. The number of quaternary nitrogens is 1. The molecular formula is C21H38NO2+. The van der Waals surface area contributed by atoms with Crippen LogP contribution in [0.1, 0.15) is 96.1 Å². The Balaban J connectivity index is 2.24. The smallest absolute Gasteiger partial charge is 0.177 e. The molecule has 0 heterocycles. The van der Waals surface area contributed by atoms with E-state index in [2.05, 4.69) is 6.92 Å². The summed E-state index contributed by atoms with van der Waals surface area (Å²) in [7, 11) is 0. The molecule has 0 saturated carbocycles. The minimum atomic E-state index is -0.901. The molecule has 3 heteroatoms. The van der Waals surface area contributed by atoms with Crippen LogP contribution in [0.15, 0.2) is 30.3 Å². The summed E-state index contributed by atoms with van der Waals surface area (Å²) in [5.74, 6) is 0. The molecule has 3 nitrogen and oxygen atoms in total. The van der Waals surface area contributed by atoms with Crippen molar-refractivity contribution in [2.24, 2.45) is 0 Å². The lowest BCUT2D eigenvalue weighted by molar-refractivity contribution is -1.26. The van der Waals surface area contributed by atoms with Crippen molar-refractivity contribution in [3.05, 3.63) is 35.9 Å². The zero-order valence-electron chi connectivity index (χ0n) is 15.8. The number of hydrogen-bond donors (Lipinski definition) is 2. The van der Waals surface area contributed by atoms with Crippen molar-refractivity contribution in [2.45, 2.75) is 90.5 Å². The van der Waals surface area contributed by atoms with Crippen molar-refractivity contribution in [3.63, 3.8) is 0 Å². The van der Waals surface area contributed by atoms with Crippen molar-refractivity contribution in [2.75, 3.05) is 6.54 Å². The monoisotopic (exact) mass is 336 g/mol. The Bertz CT molecular complexity index is 406. The highest BCUT2D eigenvalue weighted by Crippen LogP contribution is 2.30. The molecule has 138 valence electrons. The fourth-order valence-electron chi connectivity index (χ4n) is 3.33. The molecule has 0 amide bonds. The van der Waals surface area contributed by atoms with E-state index in [0.717, 1.165) is 18.4 Å². The second-order valence-corrected chi connectivity index (χ2v) is 7.00. The van der Waals surface area contributed by atoms with Crippen LogP contribution in [0.3, 0.4) is 0 Å². The van der Waals surface area contributed by atoms with Gasteiger partial charge in [-0.05, 0) is 18.2 Å². The third-order valence-electron chi connectivity index (χ3n) is 4.98. The van der Waals surface area contributed by atoms with Gasteiger partial charge in [-0.1, -0.05) is 95.0 Å². The quantitative estimate of drug-likeness (QED) is 0.227. The van der Waals surface area contributed by atoms with Crippen LogP contribution < -0.4 is 0 Å². The van der Waals surface area contributed by atoms with Crippen LogP contribution in [0.2, 0.25) is 0 Å². The highest BCUT2D eigenvalue weighted by molar-refractivity contribution is 5.17. The highest BCUT2D eigenvalue weighted by Gasteiger charge is 2.34. The molecular weight excluding hydrogens is 298 g/mol. The fraction of sp³-hybridized carbons (Fsp3) is 0.714. The van der Waals surface area contributed by atoms with E-state index >= 15 is 0 Å². The van der Waals surface area contributed by atoms with E-state index in [1.165, 1.54) is 57.8 Å². The van der Waals surface area contributed by atoms with Gasteiger partial charge in [0.25, 0.3) is 0 Å².